The van der Waals surface area contributed by atoms with Gasteiger partial charge in [-0.15, -0.1) is 24.8 Å². The standard InChI is InChI=1S/C32H38N2O2.2ClH/c1-25-6-5-9-28(20-25)23-33-16-14-26(15-17-33)10-12-31(35)29-11-13-32-30(21-29)24-34(18-19-36-32)22-27-7-3-2-4-8-27;;/h2-9,11,13,20-21,26H,10,12,14-19,22-24H2,1H3;2*1H. The monoisotopic (exact) mass is 554 g/mol. The second-order valence-corrected chi connectivity index (χ2v) is 10.5. The molecule has 1 saturated heterocycles. The van der Waals surface area contributed by atoms with Gasteiger partial charge in [0, 0.05) is 43.7 Å². The molecule has 204 valence electrons. The Balaban J connectivity index is 0.00000200. The maximum absolute atomic E-state index is 13.1. The highest BCUT2D eigenvalue weighted by molar-refractivity contribution is 5.96. The van der Waals surface area contributed by atoms with Crippen molar-refractivity contribution in [3.05, 3.63) is 101 Å². The topological polar surface area (TPSA) is 32.8 Å². The molecule has 0 radical (unpaired) electrons. The van der Waals surface area contributed by atoms with E-state index in [0.717, 1.165) is 62.6 Å². The van der Waals surface area contributed by atoms with Crippen LogP contribution in [0, 0.1) is 12.8 Å². The predicted octanol–water partition coefficient (Wildman–Crippen LogP) is 7.11. The first kappa shape index (κ1) is 30.2. The number of piperidine rings is 1. The van der Waals surface area contributed by atoms with E-state index in [9.17, 15) is 4.79 Å². The van der Waals surface area contributed by atoms with Crippen molar-refractivity contribution in [2.75, 3.05) is 26.2 Å². The molecule has 0 bridgehead atoms. The summed E-state index contributed by atoms with van der Waals surface area (Å²) in [5.41, 5.74) is 5.99. The van der Waals surface area contributed by atoms with Crippen molar-refractivity contribution in [2.24, 2.45) is 5.92 Å². The molecule has 0 saturated carbocycles. The molecule has 0 unspecified atom stereocenters. The second-order valence-electron chi connectivity index (χ2n) is 10.5. The predicted molar refractivity (Wildman–Crippen MR) is 160 cm³/mol. The summed E-state index contributed by atoms with van der Waals surface area (Å²) in [5.74, 6) is 1.83. The second kappa shape index (κ2) is 14.7. The van der Waals surface area contributed by atoms with E-state index in [1.807, 2.05) is 12.1 Å². The molecule has 3 aromatic rings. The number of nitrogens with zero attached hydrogens (tertiary/aromatic N) is 2. The largest absolute Gasteiger partial charge is 0.492 e. The van der Waals surface area contributed by atoms with Gasteiger partial charge in [0.2, 0.25) is 0 Å². The maximum atomic E-state index is 13.1. The van der Waals surface area contributed by atoms with Gasteiger partial charge >= 0.3 is 0 Å². The molecule has 2 aliphatic rings. The average molecular weight is 556 g/mol. The smallest absolute Gasteiger partial charge is 0.162 e. The number of fused-ring (bicyclic) bond motifs is 1. The molecule has 2 heterocycles. The first-order valence-electron chi connectivity index (χ1n) is 13.5. The molecule has 3 aromatic carbocycles. The highest BCUT2D eigenvalue weighted by atomic mass is 35.5. The summed E-state index contributed by atoms with van der Waals surface area (Å²) in [7, 11) is 0. The third kappa shape index (κ3) is 8.31. The molecule has 5 rings (SSSR count). The zero-order valence-corrected chi connectivity index (χ0v) is 23.9. The number of aryl methyl sites for hydroxylation is 1. The molecule has 0 atom stereocenters. The minimum Gasteiger partial charge on any atom is -0.492 e. The molecule has 0 aliphatic carbocycles. The number of halogens is 2. The van der Waals surface area contributed by atoms with Crippen LogP contribution in [0.4, 0.5) is 0 Å². The number of rotatable bonds is 8. The Morgan fingerprint density at radius 1 is 0.842 bits per heavy atom. The van der Waals surface area contributed by atoms with Gasteiger partial charge in [-0.2, -0.15) is 0 Å². The van der Waals surface area contributed by atoms with Gasteiger partial charge in [-0.05, 0) is 74.5 Å². The molecule has 2 aliphatic heterocycles. The van der Waals surface area contributed by atoms with Crippen LogP contribution in [0.15, 0.2) is 72.8 Å². The summed E-state index contributed by atoms with van der Waals surface area (Å²) in [6.45, 7) is 8.71. The van der Waals surface area contributed by atoms with E-state index in [2.05, 4.69) is 77.4 Å². The number of Topliss-reactive ketones (excluding diaryl/α,β-unsaturated/α-hetero) is 1. The van der Waals surface area contributed by atoms with E-state index in [-0.39, 0.29) is 30.6 Å². The number of likely N-dealkylation sites (tertiary alicyclic amines) is 1. The van der Waals surface area contributed by atoms with E-state index in [1.54, 1.807) is 0 Å². The lowest BCUT2D eigenvalue weighted by atomic mass is 9.90. The van der Waals surface area contributed by atoms with Crippen LogP contribution >= 0.6 is 24.8 Å². The third-order valence-corrected chi connectivity index (χ3v) is 7.67. The van der Waals surface area contributed by atoms with Gasteiger partial charge in [-0.1, -0.05) is 60.2 Å². The van der Waals surface area contributed by atoms with Crippen LogP contribution in [-0.2, 0) is 19.6 Å². The number of hydrogen-bond donors (Lipinski definition) is 0. The number of carbonyl (C=O) groups is 1. The van der Waals surface area contributed by atoms with E-state index in [1.165, 1.54) is 29.5 Å². The van der Waals surface area contributed by atoms with Gasteiger partial charge in [0.05, 0.1) is 0 Å². The van der Waals surface area contributed by atoms with Crippen LogP contribution in [0.1, 0.15) is 58.3 Å². The van der Waals surface area contributed by atoms with E-state index >= 15 is 0 Å². The first-order valence-corrected chi connectivity index (χ1v) is 13.5. The quantitative estimate of drug-likeness (QED) is 0.278. The zero-order valence-electron chi connectivity index (χ0n) is 22.3. The first-order chi connectivity index (χ1) is 17.6. The van der Waals surface area contributed by atoms with Crippen molar-refractivity contribution in [1.82, 2.24) is 9.80 Å². The van der Waals surface area contributed by atoms with Crippen LogP contribution in [0.3, 0.4) is 0 Å². The Hall–Kier alpha value is -2.37. The van der Waals surface area contributed by atoms with Crippen molar-refractivity contribution in [3.63, 3.8) is 0 Å². The van der Waals surface area contributed by atoms with Crippen molar-refractivity contribution in [2.45, 2.75) is 52.2 Å². The lowest BCUT2D eigenvalue weighted by molar-refractivity contribution is 0.0961. The molecule has 6 heteroatoms. The molecule has 1 fully saturated rings. The van der Waals surface area contributed by atoms with Crippen LogP contribution in [0.5, 0.6) is 5.75 Å². The van der Waals surface area contributed by atoms with Gasteiger partial charge in [-0.25, -0.2) is 0 Å². The fourth-order valence-electron chi connectivity index (χ4n) is 5.58. The van der Waals surface area contributed by atoms with Gasteiger partial charge in [0.1, 0.15) is 12.4 Å². The summed E-state index contributed by atoms with van der Waals surface area (Å²) in [6.07, 6.45) is 4.00. The highest BCUT2D eigenvalue weighted by Crippen LogP contribution is 2.28. The molecule has 0 aromatic heterocycles. The van der Waals surface area contributed by atoms with Crippen molar-refractivity contribution in [3.8, 4) is 5.75 Å². The van der Waals surface area contributed by atoms with Crippen molar-refractivity contribution >= 4 is 30.6 Å². The number of ketones is 1. The molecule has 38 heavy (non-hydrogen) atoms. The number of benzene rings is 3. The van der Waals surface area contributed by atoms with Crippen LogP contribution in [0.25, 0.3) is 0 Å². The Kier molecular flexibility index (Phi) is 11.7. The number of ether oxygens (including phenoxy) is 1. The highest BCUT2D eigenvalue weighted by Gasteiger charge is 2.22. The van der Waals surface area contributed by atoms with Gasteiger partial charge in [0.25, 0.3) is 0 Å². The Labute approximate surface area is 240 Å². The lowest BCUT2D eigenvalue weighted by Gasteiger charge is -2.32. The normalized spacial score (nSPS) is 16.3. The van der Waals surface area contributed by atoms with Crippen molar-refractivity contribution < 1.29 is 9.53 Å². The van der Waals surface area contributed by atoms with E-state index in [0.29, 0.717) is 18.9 Å². The fraction of sp³-hybridized carbons (Fsp3) is 0.406. The molecular formula is C32H40Cl2N2O2. The van der Waals surface area contributed by atoms with Gasteiger partial charge < -0.3 is 4.74 Å². The summed E-state index contributed by atoms with van der Waals surface area (Å²) >= 11 is 0. The minimum absolute atomic E-state index is 0. The Morgan fingerprint density at radius 2 is 1.58 bits per heavy atom. The molecule has 0 N–H and O–H groups in total. The van der Waals surface area contributed by atoms with E-state index in [4.69, 9.17) is 4.74 Å². The molecule has 0 spiro atoms. The summed E-state index contributed by atoms with van der Waals surface area (Å²) in [6, 6.07) is 25.4. The SMILES string of the molecule is Cc1cccc(CN2CCC(CCC(=O)c3ccc4c(c3)CN(Cc3ccccc3)CCO4)CC2)c1.Cl.Cl. The minimum atomic E-state index is 0. The van der Waals surface area contributed by atoms with Crippen molar-refractivity contribution in [1.29, 1.82) is 0 Å². The lowest BCUT2D eigenvalue weighted by Crippen LogP contribution is -2.33. The number of carbonyl (C=O) groups excluding carboxylic acids is 1. The van der Waals surface area contributed by atoms with Crippen LogP contribution in [-0.4, -0.2) is 41.8 Å². The number of hydrogen-bond acceptors (Lipinski definition) is 4. The van der Waals surface area contributed by atoms with E-state index < -0.39 is 0 Å². The summed E-state index contributed by atoms with van der Waals surface area (Å²) < 4.78 is 6.01. The molecular weight excluding hydrogens is 515 g/mol. The fourth-order valence-corrected chi connectivity index (χ4v) is 5.58. The third-order valence-electron chi connectivity index (χ3n) is 7.67. The van der Waals surface area contributed by atoms with Crippen LogP contribution in [0.2, 0.25) is 0 Å². The average Bonchev–Trinajstić information content (AvgIpc) is 3.10. The maximum Gasteiger partial charge on any atom is 0.162 e. The molecule has 4 nitrogen and oxygen atoms in total. The Morgan fingerprint density at radius 3 is 2.34 bits per heavy atom. The zero-order chi connectivity index (χ0) is 24.7. The molecule has 0 amide bonds. The van der Waals surface area contributed by atoms with Gasteiger partial charge in [0.15, 0.2) is 5.78 Å². The summed E-state index contributed by atoms with van der Waals surface area (Å²) in [5, 5.41) is 0. The Bertz CT molecular complexity index is 1160. The van der Waals surface area contributed by atoms with Crippen LogP contribution < -0.4 is 4.74 Å². The summed E-state index contributed by atoms with van der Waals surface area (Å²) in [4.78, 5) is 18.1. The van der Waals surface area contributed by atoms with Gasteiger partial charge in [-0.3, -0.25) is 14.6 Å².